The summed E-state index contributed by atoms with van der Waals surface area (Å²) in [5.41, 5.74) is 4.11. The monoisotopic (exact) mass is 387 g/mol. The van der Waals surface area contributed by atoms with E-state index in [1.165, 1.54) is 24.3 Å². The van der Waals surface area contributed by atoms with E-state index in [1.807, 2.05) is 30.3 Å². The third kappa shape index (κ3) is 2.50. The maximum absolute atomic E-state index is 13.2. The van der Waals surface area contributed by atoms with E-state index in [4.69, 9.17) is 4.84 Å². The number of hydroxylamine groups is 1. The van der Waals surface area contributed by atoms with Crippen LogP contribution in [0.4, 0.5) is 11.4 Å². The minimum Gasteiger partial charge on any atom is -0.270 e. The molecule has 1 saturated heterocycles. The van der Waals surface area contributed by atoms with Gasteiger partial charge < -0.3 is 0 Å². The van der Waals surface area contributed by atoms with Gasteiger partial charge in [0, 0.05) is 23.1 Å². The fourth-order valence-corrected chi connectivity index (χ4v) is 3.69. The zero-order valence-corrected chi connectivity index (χ0v) is 14.9. The van der Waals surface area contributed by atoms with Gasteiger partial charge in [0.1, 0.15) is 0 Å². The molecule has 2 amide bonds. The van der Waals surface area contributed by atoms with Crippen LogP contribution in [0.1, 0.15) is 5.56 Å². The van der Waals surface area contributed by atoms with Crippen molar-refractivity contribution in [3.8, 4) is 0 Å². The van der Waals surface area contributed by atoms with Crippen LogP contribution in [-0.4, -0.2) is 22.8 Å². The summed E-state index contributed by atoms with van der Waals surface area (Å²) in [5.74, 6) is -0.958. The molecule has 0 unspecified atom stereocenters. The van der Waals surface area contributed by atoms with Crippen molar-refractivity contribution in [1.82, 2.24) is 5.48 Å². The summed E-state index contributed by atoms with van der Waals surface area (Å²) < 4.78 is 0. The molecule has 2 aliphatic rings. The molecule has 5 rings (SSSR count). The first-order valence-corrected chi connectivity index (χ1v) is 8.83. The summed E-state index contributed by atoms with van der Waals surface area (Å²) in [4.78, 5) is 43.1. The molecule has 2 heterocycles. The second-order valence-electron chi connectivity index (χ2n) is 6.67. The maximum Gasteiger partial charge on any atom is 0.270 e. The molecular formula is C21H13N3O5. The van der Waals surface area contributed by atoms with Gasteiger partial charge in [0.15, 0.2) is 6.10 Å². The topological polar surface area (TPSA) is 102 Å². The number of nitro benzene ring substituents is 1. The van der Waals surface area contributed by atoms with Gasteiger partial charge in [0.2, 0.25) is 0 Å². The SMILES string of the molecule is O=C1C2=C(c3ccc([N+](=O)[O-])cc3)NO[C@@H]2C(=O)N1c1cccc2ccccc12. The number of hydrogen-bond donors (Lipinski definition) is 1. The van der Waals surface area contributed by atoms with Crippen molar-refractivity contribution in [3.63, 3.8) is 0 Å². The highest BCUT2D eigenvalue weighted by Crippen LogP contribution is 2.38. The number of non-ortho nitro benzene ring substituents is 1. The number of nitrogens with zero attached hydrogens (tertiary/aromatic N) is 2. The Kier molecular flexibility index (Phi) is 3.68. The van der Waals surface area contributed by atoms with Crippen LogP contribution in [0.2, 0.25) is 0 Å². The highest BCUT2D eigenvalue weighted by atomic mass is 16.7. The van der Waals surface area contributed by atoms with Gasteiger partial charge in [0.05, 0.1) is 21.9 Å². The van der Waals surface area contributed by atoms with Gasteiger partial charge in [-0.1, -0.05) is 36.4 Å². The number of anilines is 1. The molecule has 1 atom stereocenters. The number of nitrogens with one attached hydrogen (secondary N) is 1. The minimum atomic E-state index is -1.06. The number of amides is 2. The molecule has 1 fully saturated rings. The minimum absolute atomic E-state index is 0.0685. The van der Waals surface area contributed by atoms with Crippen molar-refractivity contribution in [2.45, 2.75) is 6.10 Å². The van der Waals surface area contributed by atoms with Crippen molar-refractivity contribution < 1.29 is 19.3 Å². The van der Waals surface area contributed by atoms with Gasteiger partial charge in [-0.05, 0) is 23.6 Å². The molecule has 0 aliphatic carbocycles. The molecule has 1 N–H and O–H groups in total. The van der Waals surface area contributed by atoms with Crippen LogP contribution in [-0.2, 0) is 14.4 Å². The van der Waals surface area contributed by atoms with Crippen LogP contribution in [0.25, 0.3) is 16.5 Å². The molecule has 0 saturated carbocycles. The van der Waals surface area contributed by atoms with E-state index in [-0.39, 0.29) is 11.3 Å². The Hall–Kier alpha value is -4.04. The zero-order valence-electron chi connectivity index (χ0n) is 14.9. The predicted octanol–water partition coefficient (Wildman–Crippen LogP) is 2.94. The summed E-state index contributed by atoms with van der Waals surface area (Å²) in [5, 5.41) is 12.6. The van der Waals surface area contributed by atoms with Crippen molar-refractivity contribution in [1.29, 1.82) is 0 Å². The molecule has 0 bridgehead atoms. The summed E-state index contributed by atoms with van der Waals surface area (Å²) in [6, 6.07) is 18.6. The summed E-state index contributed by atoms with van der Waals surface area (Å²) in [6.07, 6.45) is -1.06. The second-order valence-corrected chi connectivity index (χ2v) is 6.67. The predicted molar refractivity (Wildman–Crippen MR) is 104 cm³/mol. The lowest BCUT2D eigenvalue weighted by atomic mass is 10.0. The van der Waals surface area contributed by atoms with E-state index in [9.17, 15) is 19.7 Å². The van der Waals surface area contributed by atoms with Crippen molar-refractivity contribution in [2.75, 3.05) is 4.90 Å². The van der Waals surface area contributed by atoms with Gasteiger partial charge >= 0.3 is 0 Å². The highest BCUT2D eigenvalue weighted by molar-refractivity contribution is 6.34. The fourth-order valence-electron chi connectivity index (χ4n) is 3.69. The van der Waals surface area contributed by atoms with E-state index in [1.54, 1.807) is 12.1 Å². The average Bonchev–Trinajstić information content (AvgIpc) is 3.28. The van der Waals surface area contributed by atoms with Crippen LogP contribution in [0, 0.1) is 10.1 Å². The van der Waals surface area contributed by atoms with E-state index in [0.717, 1.165) is 15.7 Å². The Morgan fingerprint density at radius 1 is 0.966 bits per heavy atom. The molecule has 0 aromatic heterocycles. The Morgan fingerprint density at radius 3 is 2.45 bits per heavy atom. The Bertz CT molecular complexity index is 1230. The third-order valence-electron chi connectivity index (χ3n) is 5.06. The molecule has 29 heavy (non-hydrogen) atoms. The number of imide groups is 1. The maximum atomic E-state index is 13.2. The first-order chi connectivity index (χ1) is 14.1. The number of benzene rings is 3. The molecule has 0 spiro atoms. The van der Waals surface area contributed by atoms with Crippen molar-refractivity contribution >= 4 is 39.7 Å². The van der Waals surface area contributed by atoms with Crippen LogP contribution in [0.5, 0.6) is 0 Å². The van der Waals surface area contributed by atoms with Gasteiger partial charge in [-0.25, -0.2) is 4.90 Å². The van der Waals surface area contributed by atoms with Gasteiger partial charge in [0.25, 0.3) is 17.5 Å². The molecular weight excluding hydrogens is 374 g/mol. The first kappa shape index (κ1) is 17.1. The van der Waals surface area contributed by atoms with Gasteiger partial charge in [-0.15, -0.1) is 0 Å². The van der Waals surface area contributed by atoms with E-state index < -0.39 is 22.8 Å². The Balaban J connectivity index is 1.61. The zero-order chi connectivity index (χ0) is 20.1. The summed E-state index contributed by atoms with van der Waals surface area (Å²) in [7, 11) is 0. The molecule has 142 valence electrons. The van der Waals surface area contributed by atoms with E-state index >= 15 is 0 Å². The summed E-state index contributed by atoms with van der Waals surface area (Å²) >= 11 is 0. The average molecular weight is 387 g/mol. The fraction of sp³-hybridized carbons (Fsp3) is 0.0476. The standard InChI is InChI=1S/C21H13N3O5/c25-20-17-18(13-8-10-14(11-9-13)24(27)28)22-29-19(17)21(26)23(20)16-7-3-5-12-4-1-2-6-15(12)16/h1-11,19,22H/t19-/m0/s1. The van der Waals surface area contributed by atoms with Crippen LogP contribution >= 0.6 is 0 Å². The lowest BCUT2D eigenvalue weighted by molar-refractivity contribution is -0.384. The first-order valence-electron chi connectivity index (χ1n) is 8.83. The second kappa shape index (κ2) is 6.25. The number of hydrogen-bond acceptors (Lipinski definition) is 6. The molecule has 8 nitrogen and oxygen atoms in total. The number of carbonyl (C=O) groups is 2. The number of nitro groups is 1. The largest absolute Gasteiger partial charge is 0.270 e. The Morgan fingerprint density at radius 2 is 1.69 bits per heavy atom. The van der Waals surface area contributed by atoms with E-state index in [2.05, 4.69) is 5.48 Å². The van der Waals surface area contributed by atoms with Crippen molar-refractivity contribution in [3.05, 3.63) is 88.0 Å². The third-order valence-corrected chi connectivity index (χ3v) is 5.06. The highest BCUT2D eigenvalue weighted by Gasteiger charge is 2.51. The Labute approximate surface area is 164 Å². The lowest BCUT2D eigenvalue weighted by Gasteiger charge is -2.17. The molecule has 3 aromatic carbocycles. The molecule has 8 heteroatoms. The van der Waals surface area contributed by atoms with Gasteiger partial charge in [-0.2, -0.15) is 0 Å². The smallest absolute Gasteiger partial charge is 0.270 e. The number of carbonyl (C=O) groups excluding carboxylic acids is 2. The van der Waals surface area contributed by atoms with Crippen LogP contribution < -0.4 is 10.4 Å². The quantitative estimate of drug-likeness (QED) is 0.421. The molecule has 3 aromatic rings. The van der Waals surface area contributed by atoms with E-state index in [0.29, 0.717) is 16.9 Å². The summed E-state index contributed by atoms with van der Waals surface area (Å²) in [6.45, 7) is 0. The normalized spacial score (nSPS) is 18.3. The molecule has 0 radical (unpaired) electrons. The van der Waals surface area contributed by atoms with Gasteiger partial charge in [-0.3, -0.25) is 30.0 Å². The number of fused-ring (bicyclic) bond motifs is 2. The van der Waals surface area contributed by atoms with Crippen molar-refractivity contribution in [2.24, 2.45) is 0 Å². The molecule has 2 aliphatic heterocycles. The lowest BCUT2D eigenvalue weighted by Crippen LogP contribution is -2.34. The number of rotatable bonds is 3. The van der Waals surface area contributed by atoms with Crippen LogP contribution in [0.3, 0.4) is 0 Å². The van der Waals surface area contributed by atoms with Crippen LogP contribution in [0.15, 0.2) is 72.3 Å².